The minimum Gasteiger partial charge on any atom is -0.355 e. The molecule has 2 rings (SSSR count). The standard InChI is InChI=1S/C9H12N4S2/c1-3-8-12-9(15-13-8)10-4-7-5-14-6(2)11-7/h5H,3-4H2,1-2H3,(H,10,12,13). The quantitative estimate of drug-likeness (QED) is 0.892. The number of rotatable bonds is 4. The molecule has 2 aromatic heterocycles. The van der Waals surface area contributed by atoms with E-state index in [9.17, 15) is 0 Å². The molecule has 6 heteroatoms. The highest BCUT2D eigenvalue weighted by atomic mass is 32.1. The van der Waals surface area contributed by atoms with Crippen LogP contribution in [0.1, 0.15) is 23.4 Å². The molecule has 0 spiro atoms. The van der Waals surface area contributed by atoms with Crippen molar-refractivity contribution >= 4 is 28.0 Å². The average molecular weight is 240 g/mol. The van der Waals surface area contributed by atoms with Crippen LogP contribution < -0.4 is 5.32 Å². The van der Waals surface area contributed by atoms with E-state index in [1.54, 1.807) is 11.3 Å². The van der Waals surface area contributed by atoms with Gasteiger partial charge >= 0.3 is 0 Å². The SMILES string of the molecule is CCc1nsc(NCc2csc(C)n2)n1. The van der Waals surface area contributed by atoms with Crippen LogP contribution in [0.3, 0.4) is 0 Å². The van der Waals surface area contributed by atoms with E-state index in [1.807, 2.05) is 6.92 Å². The lowest BCUT2D eigenvalue weighted by Gasteiger charge is -1.96. The molecule has 0 unspecified atom stereocenters. The molecule has 0 aliphatic rings. The maximum Gasteiger partial charge on any atom is 0.202 e. The number of thiazole rings is 1. The zero-order valence-corrected chi connectivity index (χ0v) is 10.3. The molecular formula is C9H12N4S2. The lowest BCUT2D eigenvalue weighted by molar-refractivity contribution is 0.986. The summed E-state index contributed by atoms with van der Waals surface area (Å²) in [6, 6.07) is 0. The zero-order valence-electron chi connectivity index (χ0n) is 8.65. The van der Waals surface area contributed by atoms with Crippen molar-refractivity contribution in [1.82, 2.24) is 14.3 Å². The Bertz CT molecular complexity index is 435. The summed E-state index contributed by atoms with van der Waals surface area (Å²) in [5.74, 6) is 0.900. The summed E-state index contributed by atoms with van der Waals surface area (Å²) in [5.41, 5.74) is 1.06. The van der Waals surface area contributed by atoms with Crippen LogP contribution >= 0.6 is 22.9 Å². The Morgan fingerprint density at radius 2 is 2.27 bits per heavy atom. The lowest BCUT2D eigenvalue weighted by Crippen LogP contribution is -1.99. The number of nitrogens with one attached hydrogen (secondary N) is 1. The second-order valence-corrected chi connectivity index (χ2v) is 4.89. The Morgan fingerprint density at radius 1 is 1.40 bits per heavy atom. The van der Waals surface area contributed by atoms with Gasteiger partial charge in [0.1, 0.15) is 5.82 Å². The van der Waals surface area contributed by atoms with E-state index in [2.05, 4.69) is 32.0 Å². The van der Waals surface area contributed by atoms with Gasteiger partial charge < -0.3 is 5.32 Å². The predicted molar refractivity (Wildman–Crippen MR) is 63.5 cm³/mol. The van der Waals surface area contributed by atoms with Crippen molar-refractivity contribution < 1.29 is 0 Å². The van der Waals surface area contributed by atoms with Gasteiger partial charge in [-0.05, 0) is 6.92 Å². The van der Waals surface area contributed by atoms with Gasteiger partial charge in [0.05, 0.1) is 17.2 Å². The van der Waals surface area contributed by atoms with E-state index in [0.717, 1.165) is 34.6 Å². The molecule has 0 amide bonds. The van der Waals surface area contributed by atoms with Crippen molar-refractivity contribution in [2.45, 2.75) is 26.8 Å². The van der Waals surface area contributed by atoms with E-state index < -0.39 is 0 Å². The fourth-order valence-corrected chi connectivity index (χ4v) is 2.38. The third kappa shape index (κ3) is 2.73. The van der Waals surface area contributed by atoms with Crippen LogP contribution in [0.4, 0.5) is 5.13 Å². The van der Waals surface area contributed by atoms with Crippen LogP contribution in [0, 0.1) is 6.92 Å². The van der Waals surface area contributed by atoms with Crippen LogP contribution in [0.5, 0.6) is 0 Å². The van der Waals surface area contributed by atoms with Gasteiger partial charge in [0.25, 0.3) is 0 Å². The van der Waals surface area contributed by atoms with E-state index in [4.69, 9.17) is 0 Å². The smallest absolute Gasteiger partial charge is 0.202 e. The van der Waals surface area contributed by atoms with Gasteiger partial charge in [-0.3, -0.25) is 0 Å². The summed E-state index contributed by atoms with van der Waals surface area (Å²) in [5, 5.41) is 7.25. The van der Waals surface area contributed by atoms with Crippen LogP contribution in [0.2, 0.25) is 0 Å². The van der Waals surface area contributed by atoms with Gasteiger partial charge in [-0.25, -0.2) is 9.97 Å². The van der Waals surface area contributed by atoms with Gasteiger partial charge in [-0.2, -0.15) is 4.37 Å². The van der Waals surface area contributed by atoms with Crippen molar-refractivity contribution in [3.63, 3.8) is 0 Å². The van der Waals surface area contributed by atoms with E-state index in [1.165, 1.54) is 11.5 Å². The lowest BCUT2D eigenvalue weighted by atomic mass is 10.5. The maximum absolute atomic E-state index is 4.37. The molecule has 4 nitrogen and oxygen atoms in total. The van der Waals surface area contributed by atoms with E-state index in [-0.39, 0.29) is 0 Å². The predicted octanol–water partition coefficient (Wildman–Crippen LogP) is 2.48. The molecule has 80 valence electrons. The second kappa shape index (κ2) is 4.67. The summed E-state index contributed by atoms with van der Waals surface area (Å²) in [4.78, 5) is 8.69. The molecule has 15 heavy (non-hydrogen) atoms. The van der Waals surface area contributed by atoms with Crippen LogP contribution in [0.15, 0.2) is 5.38 Å². The molecule has 2 heterocycles. The third-order valence-electron chi connectivity index (χ3n) is 1.87. The minimum atomic E-state index is 0.725. The Balaban J connectivity index is 1.93. The van der Waals surface area contributed by atoms with Crippen molar-refractivity contribution in [3.8, 4) is 0 Å². The van der Waals surface area contributed by atoms with Crippen molar-refractivity contribution in [1.29, 1.82) is 0 Å². The molecule has 0 saturated carbocycles. The molecular weight excluding hydrogens is 228 g/mol. The Labute approximate surface area is 96.6 Å². The molecule has 0 atom stereocenters. The van der Waals surface area contributed by atoms with Gasteiger partial charge in [-0.1, -0.05) is 6.92 Å². The first-order valence-corrected chi connectivity index (χ1v) is 6.40. The van der Waals surface area contributed by atoms with E-state index in [0.29, 0.717) is 0 Å². The van der Waals surface area contributed by atoms with Gasteiger partial charge in [0.15, 0.2) is 0 Å². The maximum atomic E-state index is 4.37. The highest BCUT2D eigenvalue weighted by Crippen LogP contribution is 2.14. The largest absolute Gasteiger partial charge is 0.355 e. The third-order valence-corrected chi connectivity index (χ3v) is 3.40. The number of hydrogen-bond acceptors (Lipinski definition) is 6. The molecule has 0 bridgehead atoms. The van der Waals surface area contributed by atoms with Gasteiger partial charge in [0.2, 0.25) is 5.13 Å². The fraction of sp³-hybridized carbons (Fsp3) is 0.444. The van der Waals surface area contributed by atoms with Crippen molar-refractivity contribution in [2.24, 2.45) is 0 Å². The van der Waals surface area contributed by atoms with Crippen LogP contribution in [0.25, 0.3) is 0 Å². The first kappa shape index (κ1) is 10.5. The zero-order chi connectivity index (χ0) is 10.7. The number of aryl methyl sites for hydroxylation is 2. The first-order chi connectivity index (χ1) is 7.28. The number of aromatic nitrogens is 3. The van der Waals surface area contributed by atoms with Crippen molar-refractivity contribution in [3.05, 3.63) is 21.9 Å². The van der Waals surface area contributed by atoms with Crippen LogP contribution in [-0.4, -0.2) is 14.3 Å². The molecule has 0 aromatic carbocycles. The minimum absolute atomic E-state index is 0.725. The molecule has 0 aliphatic heterocycles. The average Bonchev–Trinajstić information content (AvgIpc) is 2.83. The highest BCUT2D eigenvalue weighted by Gasteiger charge is 2.02. The topological polar surface area (TPSA) is 50.7 Å². The summed E-state index contributed by atoms with van der Waals surface area (Å²) < 4.78 is 4.20. The first-order valence-electron chi connectivity index (χ1n) is 4.75. The Hall–Kier alpha value is -1.01. The molecule has 1 N–H and O–H groups in total. The molecule has 0 fully saturated rings. The highest BCUT2D eigenvalue weighted by molar-refractivity contribution is 7.10. The van der Waals surface area contributed by atoms with E-state index >= 15 is 0 Å². The molecule has 2 aromatic rings. The normalized spacial score (nSPS) is 10.5. The monoisotopic (exact) mass is 240 g/mol. The van der Waals surface area contributed by atoms with Crippen molar-refractivity contribution in [2.75, 3.05) is 5.32 Å². The summed E-state index contributed by atoms with van der Waals surface area (Å²) in [6.45, 7) is 4.78. The molecule has 0 radical (unpaired) electrons. The molecule has 0 saturated heterocycles. The second-order valence-electron chi connectivity index (χ2n) is 3.08. The van der Waals surface area contributed by atoms with Gasteiger partial charge in [0, 0.05) is 23.3 Å². The number of hydrogen-bond donors (Lipinski definition) is 1. The Morgan fingerprint density at radius 3 is 2.87 bits per heavy atom. The molecule has 0 aliphatic carbocycles. The fourth-order valence-electron chi connectivity index (χ4n) is 1.12. The summed E-state index contributed by atoms with van der Waals surface area (Å²) in [6.07, 6.45) is 0.883. The summed E-state index contributed by atoms with van der Waals surface area (Å²) >= 11 is 3.07. The van der Waals surface area contributed by atoms with Gasteiger partial charge in [-0.15, -0.1) is 11.3 Å². The Kier molecular flexibility index (Phi) is 3.27. The number of nitrogens with zero attached hydrogens (tertiary/aromatic N) is 3. The summed E-state index contributed by atoms with van der Waals surface area (Å²) in [7, 11) is 0. The van der Waals surface area contributed by atoms with Crippen LogP contribution in [-0.2, 0) is 13.0 Å². The number of anilines is 1.